The summed E-state index contributed by atoms with van der Waals surface area (Å²) in [7, 11) is 2.99. The van der Waals surface area contributed by atoms with Crippen molar-refractivity contribution < 1.29 is 14.3 Å². The van der Waals surface area contributed by atoms with E-state index in [1.807, 2.05) is 61.5 Å². The van der Waals surface area contributed by atoms with Crippen molar-refractivity contribution in [1.29, 1.82) is 0 Å². The van der Waals surface area contributed by atoms with Gasteiger partial charge < -0.3 is 9.47 Å². The van der Waals surface area contributed by atoms with Gasteiger partial charge in [0.2, 0.25) is 0 Å². The van der Waals surface area contributed by atoms with Crippen LogP contribution in [0.2, 0.25) is 0 Å². The number of aromatic nitrogens is 2. The highest BCUT2D eigenvalue weighted by atomic mass is 32.1. The zero-order valence-corrected chi connectivity index (χ0v) is 19.1. The summed E-state index contributed by atoms with van der Waals surface area (Å²) in [4.78, 5) is 32.1. The van der Waals surface area contributed by atoms with Gasteiger partial charge in [-0.25, -0.2) is 4.98 Å². The van der Waals surface area contributed by atoms with Crippen LogP contribution in [0.3, 0.4) is 0 Å². The highest BCUT2D eigenvalue weighted by molar-refractivity contribution is 7.19. The van der Waals surface area contributed by atoms with E-state index in [-0.39, 0.29) is 17.9 Å². The predicted octanol–water partition coefficient (Wildman–Crippen LogP) is 5.06. The molecule has 164 valence electrons. The lowest BCUT2D eigenvalue weighted by Crippen LogP contribution is -2.24. The fourth-order valence-electron chi connectivity index (χ4n) is 3.82. The van der Waals surface area contributed by atoms with E-state index in [0.29, 0.717) is 29.0 Å². The summed E-state index contributed by atoms with van der Waals surface area (Å²) in [6.45, 7) is 2.37. The van der Waals surface area contributed by atoms with Crippen molar-refractivity contribution in [3.8, 4) is 28.3 Å². The summed E-state index contributed by atoms with van der Waals surface area (Å²) in [5, 5.41) is 0.596. The Morgan fingerprint density at radius 1 is 1.06 bits per heavy atom. The van der Waals surface area contributed by atoms with Crippen LogP contribution < -0.4 is 10.3 Å². The Morgan fingerprint density at radius 3 is 2.53 bits per heavy atom. The van der Waals surface area contributed by atoms with Crippen molar-refractivity contribution in [3.05, 3.63) is 69.8 Å². The second-order valence-electron chi connectivity index (χ2n) is 7.38. The highest BCUT2D eigenvalue weighted by Gasteiger charge is 2.21. The average Bonchev–Trinajstić information content (AvgIpc) is 3.16. The molecule has 6 nitrogen and oxygen atoms in total. The Labute approximate surface area is 190 Å². The van der Waals surface area contributed by atoms with Crippen LogP contribution in [-0.4, -0.2) is 29.7 Å². The molecule has 4 rings (SSSR count). The van der Waals surface area contributed by atoms with E-state index in [1.165, 1.54) is 18.4 Å². The van der Waals surface area contributed by atoms with Crippen molar-refractivity contribution in [2.45, 2.75) is 26.3 Å². The van der Waals surface area contributed by atoms with E-state index in [9.17, 15) is 9.59 Å². The second-order valence-corrected chi connectivity index (χ2v) is 8.59. The lowest BCUT2D eigenvalue weighted by atomic mass is 10.0. The Balaban J connectivity index is 1.92. The quantitative estimate of drug-likeness (QED) is 0.370. The molecule has 0 N–H and O–H groups in total. The third kappa shape index (κ3) is 4.16. The summed E-state index contributed by atoms with van der Waals surface area (Å²) >= 11 is 1.51. The SMILES string of the molecule is COC(=O)CCCn1c(-c2ccccc2)nc2sc(C)c(-c3cccc(OC)c3)c2c1=O. The molecule has 0 fully saturated rings. The molecule has 7 heteroatoms. The molecule has 0 radical (unpaired) electrons. The smallest absolute Gasteiger partial charge is 0.305 e. The molecule has 4 aromatic rings. The maximum absolute atomic E-state index is 13.8. The van der Waals surface area contributed by atoms with E-state index in [0.717, 1.165) is 27.3 Å². The molecule has 0 unspecified atom stereocenters. The molecular formula is C25H24N2O4S. The van der Waals surface area contributed by atoms with Gasteiger partial charge in [0.1, 0.15) is 16.4 Å². The molecule has 32 heavy (non-hydrogen) atoms. The lowest BCUT2D eigenvalue weighted by Gasteiger charge is -2.13. The van der Waals surface area contributed by atoms with Crippen LogP contribution in [0.25, 0.3) is 32.7 Å². The Hall–Kier alpha value is -3.45. The van der Waals surface area contributed by atoms with Gasteiger partial charge in [0.25, 0.3) is 5.56 Å². The van der Waals surface area contributed by atoms with Gasteiger partial charge in [-0.2, -0.15) is 0 Å². The number of esters is 1. The molecule has 0 spiro atoms. The third-order valence-corrected chi connectivity index (χ3v) is 6.37. The standard InChI is InChI=1S/C25H24N2O4S/c1-16-21(18-11-7-12-19(15-18)30-2)22-24(32-16)26-23(17-9-5-4-6-10-17)27(25(22)29)14-8-13-20(28)31-3/h4-7,9-12,15H,8,13-14H2,1-3H3. The van der Waals surface area contributed by atoms with Gasteiger partial charge in [-0.05, 0) is 31.0 Å². The van der Waals surface area contributed by atoms with Gasteiger partial charge in [-0.15, -0.1) is 11.3 Å². The van der Waals surface area contributed by atoms with Crippen LogP contribution in [0.5, 0.6) is 5.75 Å². The van der Waals surface area contributed by atoms with Crippen molar-refractivity contribution >= 4 is 27.5 Å². The zero-order chi connectivity index (χ0) is 22.7. The van der Waals surface area contributed by atoms with Crippen LogP contribution in [0.15, 0.2) is 59.4 Å². The number of carbonyl (C=O) groups is 1. The van der Waals surface area contributed by atoms with Gasteiger partial charge >= 0.3 is 5.97 Å². The molecule has 0 atom stereocenters. The fourth-order valence-corrected chi connectivity index (χ4v) is 4.86. The van der Waals surface area contributed by atoms with Crippen molar-refractivity contribution in [1.82, 2.24) is 9.55 Å². The van der Waals surface area contributed by atoms with Crippen LogP contribution in [0, 0.1) is 6.92 Å². The van der Waals surface area contributed by atoms with Crippen molar-refractivity contribution in [2.75, 3.05) is 14.2 Å². The van der Waals surface area contributed by atoms with Crippen LogP contribution >= 0.6 is 11.3 Å². The molecule has 2 heterocycles. The van der Waals surface area contributed by atoms with Gasteiger partial charge in [-0.1, -0.05) is 42.5 Å². The predicted molar refractivity (Wildman–Crippen MR) is 127 cm³/mol. The van der Waals surface area contributed by atoms with Crippen molar-refractivity contribution in [2.24, 2.45) is 0 Å². The normalized spacial score (nSPS) is 11.0. The van der Waals surface area contributed by atoms with Crippen LogP contribution in [-0.2, 0) is 16.1 Å². The number of fused-ring (bicyclic) bond motifs is 1. The topological polar surface area (TPSA) is 70.4 Å². The minimum absolute atomic E-state index is 0.110. The molecule has 0 aliphatic carbocycles. The number of methoxy groups -OCH3 is 2. The number of benzene rings is 2. The number of aryl methyl sites for hydroxylation is 1. The number of ether oxygens (including phenoxy) is 2. The molecule has 0 amide bonds. The number of carbonyl (C=O) groups excluding carboxylic acids is 1. The van der Waals surface area contributed by atoms with Crippen molar-refractivity contribution in [3.63, 3.8) is 0 Å². The molecule has 0 aliphatic heterocycles. The first-order chi connectivity index (χ1) is 15.5. The first-order valence-corrected chi connectivity index (χ1v) is 11.2. The minimum atomic E-state index is -0.295. The molecule has 0 saturated heterocycles. The summed E-state index contributed by atoms with van der Waals surface area (Å²) in [6.07, 6.45) is 0.720. The van der Waals surface area contributed by atoms with E-state index < -0.39 is 0 Å². The summed E-state index contributed by atoms with van der Waals surface area (Å²) < 4.78 is 11.8. The molecule has 2 aromatic carbocycles. The molecule has 0 bridgehead atoms. The monoisotopic (exact) mass is 448 g/mol. The molecular weight excluding hydrogens is 424 g/mol. The molecule has 0 saturated carbocycles. The minimum Gasteiger partial charge on any atom is -0.497 e. The summed E-state index contributed by atoms with van der Waals surface area (Å²) in [5.41, 5.74) is 2.54. The van der Waals surface area contributed by atoms with E-state index >= 15 is 0 Å². The fraction of sp³-hybridized carbons (Fsp3) is 0.240. The van der Waals surface area contributed by atoms with Gasteiger partial charge in [0.05, 0.1) is 19.6 Å². The first-order valence-electron chi connectivity index (χ1n) is 10.3. The Bertz CT molecular complexity index is 1330. The zero-order valence-electron chi connectivity index (χ0n) is 18.3. The summed E-state index contributed by atoms with van der Waals surface area (Å²) in [6, 6.07) is 17.4. The van der Waals surface area contributed by atoms with Gasteiger partial charge in [0.15, 0.2) is 0 Å². The number of hydrogen-bond donors (Lipinski definition) is 0. The number of hydrogen-bond acceptors (Lipinski definition) is 6. The largest absolute Gasteiger partial charge is 0.497 e. The number of rotatable bonds is 7. The van der Waals surface area contributed by atoms with Gasteiger partial charge in [0, 0.05) is 29.0 Å². The lowest BCUT2D eigenvalue weighted by molar-refractivity contribution is -0.140. The first kappa shape index (κ1) is 21.8. The Kier molecular flexibility index (Phi) is 6.37. The van der Waals surface area contributed by atoms with E-state index in [2.05, 4.69) is 0 Å². The van der Waals surface area contributed by atoms with Crippen LogP contribution in [0.4, 0.5) is 0 Å². The highest BCUT2D eigenvalue weighted by Crippen LogP contribution is 2.37. The van der Waals surface area contributed by atoms with Gasteiger partial charge in [-0.3, -0.25) is 14.2 Å². The number of thiophene rings is 1. The average molecular weight is 449 g/mol. The second kappa shape index (κ2) is 9.36. The maximum atomic E-state index is 13.8. The Morgan fingerprint density at radius 2 is 1.81 bits per heavy atom. The maximum Gasteiger partial charge on any atom is 0.305 e. The molecule has 2 aromatic heterocycles. The summed E-state index contributed by atoms with van der Waals surface area (Å²) in [5.74, 6) is 1.04. The van der Waals surface area contributed by atoms with E-state index in [4.69, 9.17) is 14.5 Å². The molecule has 0 aliphatic rings. The van der Waals surface area contributed by atoms with E-state index in [1.54, 1.807) is 11.7 Å². The third-order valence-electron chi connectivity index (χ3n) is 5.37. The number of nitrogens with zero attached hydrogens (tertiary/aromatic N) is 2. The van der Waals surface area contributed by atoms with Crippen LogP contribution in [0.1, 0.15) is 17.7 Å².